The predicted molar refractivity (Wildman–Crippen MR) is 70.9 cm³/mol. The van der Waals surface area contributed by atoms with Crippen LogP contribution in [-0.2, 0) is 12.8 Å². The van der Waals surface area contributed by atoms with Crippen LogP contribution in [-0.4, -0.2) is 34.2 Å². The van der Waals surface area contributed by atoms with Crippen molar-refractivity contribution >= 4 is 0 Å². The van der Waals surface area contributed by atoms with Crippen molar-refractivity contribution in [3.05, 3.63) is 23.3 Å². The molecule has 3 heteroatoms. The van der Waals surface area contributed by atoms with Crippen molar-refractivity contribution in [3.63, 3.8) is 0 Å². The molecule has 1 fully saturated rings. The van der Waals surface area contributed by atoms with Crippen molar-refractivity contribution in [2.24, 2.45) is 5.92 Å². The molecule has 0 saturated carbocycles. The SMILES string of the molecule is CCCN1CC[C@H]2Cc3c(ccc(O)c3O)C[C@H]21. The summed E-state index contributed by atoms with van der Waals surface area (Å²) in [6.07, 6.45) is 4.37. The van der Waals surface area contributed by atoms with Gasteiger partial charge in [-0.25, -0.2) is 0 Å². The van der Waals surface area contributed by atoms with Gasteiger partial charge in [0.15, 0.2) is 11.5 Å². The van der Waals surface area contributed by atoms with Crippen LogP contribution in [0.2, 0.25) is 0 Å². The maximum Gasteiger partial charge on any atom is 0.160 e. The van der Waals surface area contributed by atoms with Gasteiger partial charge in [-0.1, -0.05) is 13.0 Å². The molecule has 2 N–H and O–H groups in total. The second kappa shape index (κ2) is 4.47. The first-order valence-electron chi connectivity index (χ1n) is 6.97. The molecule has 0 amide bonds. The lowest BCUT2D eigenvalue weighted by atomic mass is 9.80. The number of phenols is 2. The maximum atomic E-state index is 9.97. The third kappa shape index (κ3) is 1.77. The summed E-state index contributed by atoms with van der Waals surface area (Å²) in [5.74, 6) is 0.784. The van der Waals surface area contributed by atoms with Crippen LogP contribution in [0.3, 0.4) is 0 Å². The highest BCUT2D eigenvalue weighted by atomic mass is 16.3. The highest BCUT2D eigenvalue weighted by Gasteiger charge is 2.38. The smallest absolute Gasteiger partial charge is 0.160 e. The molecular weight excluding hydrogens is 226 g/mol. The average molecular weight is 247 g/mol. The van der Waals surface area contributed by atoms with E-state index in [-0.39, 0.29) is 11.5 Å². The fourth-order valence-corrected chi connectivity index (χ4v) is 3.66. The van der Waals surface area contributed by atoms with Crippen LogP contribution in [0.5, 0.6) is 11.5 Å². The molecule has 1 aliphatic heterocycles. The monoisotopic (exact) mass is 247 g/mol. The van der Waals surface area contributed by atoms with E-state index in [0.717, 1.165) is 18.4 Å². The fraction of sp³-hybridized carbons (Fsp3) is 0.600. The van der Waals surface area contributed by atoms with Crippen molar-refractivity contribution in [1.82, 2.24) is 4.90 Å². The molecule has 0 unspecified atom stereocenters. The Balaban J connectivity index is 1.90. The normalized spacial score (nSPS) is 26.9. The second-order valence-corrected chi connectivity index (χ2v) is 5.63. The highest BCUT2D eigenvalue weighted by Crippen LogP contribution is 2.41. The zero-order valence-corrected chi connectivity index (χ0v) is 10.9. The van der Waals surface area contributed by atoms with Gasteiger partial charge in [-0.05, 0) is 56.3 Å². The van der Waals surface area contributed by atoms with Gasteiger partial charge in [0.1, 0.15) is 0 Å². The lowest BCUT2D eigenvalue weighted by Crippen LogP contribution is -2.38. The van der Waals surface area contributed by atoms with E-state index in [1.807, 2.05) is 6.07 Å². The largest absolute Gasteiger partial charge is 0.504 e. The molecule has 0 spiro atoms. The molecule has 0 aromatic heterocycles. The first-order chi connectivity index (χ1) is 8.70. The topological polar surface area (TPSA) is 43.7 Å². The van der Waals surface area contributed by atoms with E-state index in [1.165, 1.54) is 31.5 Å². The molecular formula is C15H21NO2. The molecule has 2 aliphatic rings. The number of hydrogen-bond acceptors (Lipinski definition) is 3. The van der Waals surface area contributed by atoms with Crippen molar-refractivity contribution in [3.8, 4) is 11.5 Å². The molecule has 18 heavy (non-hydrogen) atoms. The van der Waals surface area contributed by atoms with Gasteiger partial charge in [0, 0.05) is 11.6 Å². The summed E-state index contributed by atoms with van der Waals surface area (Å²) in [7, 11) is 0. The van der Waals surface area contributed by atoms with Crippen LogP contribution >= 0.6 is 0 Å². The minimum absolute atomic E-state index is 0.0237. The van der Waals surface area contributed by atoms with Crippen LogP contribution in [0.25, 0.3) is 0 Å². The third-order valence-electron chi connectivity index (χ3n) is 4.56. The molecule has 2 atom stereocenters. The molecule has 1 aromatic carbocycles. The van der Waals surface area contributed by atoms with Crippen LogP contribution < -0.4 is 0 Å². The summed E-state index contributed by atoms with van der Waals surface area (Å²) in [6, 6.07) is 4.23. The number of hydrogen-bond donors (Lipinski definition) is 2. The third-order valence-corrected chi connectivity index (χ3v) is 4.56. The number of nitrogens with zero attached hydrogens (tertiary/aromatic N) is 1. The van der Waals surface area contributed by atoms with E-state index >= 15 is 0 Å². The molecule has 98 valence electrons. The van der Waals surface area contributed by atoms with E-state index in [4.69, 9.17) is 0 Å². The molecule has 3 rings (SSSR count). The van der Waals surface area contributed by atoms with Crippen LogP contribution in [0, 0.1) is 5.92 Å². The fourth-order valence-electron chi connectivity index (χ4n) is 3.66. The van der Waals surface area contributed by atoms with Crippen molar-refractivity contribution in [2.75, 3.05) is 13.1 Å². The second-order valence-electron chi connectivity index (χ2n) is 5.63. The lowest BCUT2D eigenvalue weighted by Gasteiger charge is -2.33. The van der Waals surface area contributed by atoms with E-state index in [1.54, 1.807) is 6.07 Å². The minimum atomic E-state index is 0.0237. The van der Waals surface area contributed by atoms with Crippen LogP contribution in [0.15, 0.2) is 12.1 Å². The van der Waals surface area contributed by atoms with Gasteiger partial charge in [0.2, 0.25) is 0 Å². The summed E-state index contributed by atoms with van der Waals surface area (Å²) in [4.78, 5) is 2.59. The van der Waals surface area contributed by atoms with Gasteiger partial charge in [-0.3, -0.25) is 4.90 Å². The maximum absolute atomic E-state index is 9.97. The van der Waals surface area contributed by atoms with E-state index in [2.05, 4.69) is 11.8 Å². The Hall–Kier alpha value is -1.22. The number of fused-ring (bicyclic) bond motifs is 2. The van der Waals surface area contributed by atoms with E-state index < -0.39 is 0 Å². The molecule has 1 aliphatic carbocycles. The van der Waals surface area contributed by atoms with Gasteiger partial charge >= 0.3 is 0 Å². The van der Waals surface area contributed by atoms with Gasteiger partial charge in [0.05, 0.1) is 0 Å². The van der Waals surface area contributed by atoms with Gasteiger partial charge in [-0.15, -0.1) is 0 Å². The molecule has 1 heterocycles. The van der Waals surface area contributed by atoms with E-state index in [9.17, 15) is 10.2 Å². The summed E-state index contributed by atoms with van der Waals surface area (Å²) in [5.41, 5.74) is 2.20. The summed E-state index contributed by atoms with van der Waals surface area (Å²) >= 11 is 0. The molecule has 0 radical (unpaired) electrons. The van der Waals surface area contributed by atoms with Gasteiger partial charge in [0.25, 0.3) is 0 Å². The summed E-state index contributed by atoms with van der Waals surface area (Å²) in [6.45, 7) is 4.60. The van der Waals surface area contributed by atoms with Gasteiger partial charge in [-0.2, -0.15) is 0 Å². The number of aromatic hydroxyl groups is 2. The Morgan fingerprint density at radius 2 is 2.11 bits per heavy atom. The lowest BCUT2D eigenvalue weighted by molar-refractivity contribution is 0.214. The van der Waals surface area contributed by atoms with E-state index in [0.29, 0.717) is 12.0 Å². The van der Waals surface area contributed by atoms with Crippen molar-refractivity contribution in [1.29, 1.82) is 0 Å². The zero-order chi connectivity index (χ0) is 12.7. The Bertz CT molecular complexity index is 458. The molecule has 0 bridgehead atoms. The average Bonchev–Trinajstić information content (AvgIpc) is 2.76. The van der Waals surface area contributed by atoms with Crippen LogP contribution in [0.4, 0.5) is 0 Å². The Morgan fingerprint density at radius 3 is 2.89 bits per heavy atom. The molecule has 1 aromatic rings. The standard InChI is InChI=1S/C15H21NO2/c1-2-6-16-7-5-11-8-12-10(9-13(11)16)3-4-14(17)15(12)18/h3-4,11,13,17-18H,2,5-9H2,1H3/t11-,13+/m0/s1. The Morgan fingerprint density at radius 1 is 1.28 bits per heavy atom. The zero-order valence-electron chi connectivity index (χ0n) is 10.9. The number of phenolic OH excluding ortho intramolecular Hbond substituents is 2. The molecule has 3 nitrogen and oxygen atoms in total. The molecule has 1 saturated heterocycles. The Kier molecular flexibility index (Phi) is 2.94. The number of benzene rings is 1. The quantitative estimate of drug-likeness (QED) is 0.788. The van der Waals surface area contributed by atoms with Crippen molar-refractivity contribution in [2.45, 2.75) is 38.6 Å². The number of rotatable bonds is 2. The highest BCUT2D eigenvalue weighted by molar-refractivity contribution is 5.50. The van der Waals surface area contributed by atoms with Gasteiger partial charge < -0.3 is 10.2 Å². The van der Waals surface area contributed by atoms with Crippen molar-refractivity contribution < 1.29 is 10.2 Å². The first kappa shape index (κ1) is 11.8. The summed E-state index contributed by atoms with van der Waals surface area (Å²) in [5, 5.41) is 19.6. The number of likely N-dealkylation sites (tertiary alicyclic amines) is 1. The predicted octanol–water partition coefficient (Wildman–Crippen LogP) is 2.30. The first-order valence-corrected chi connectivity index (χ1v) is 6.97. The minimum Gasteiger partial charge on any atom is -0.504 e. The Labute approximate surface area is 108 Å². The summed E-state index contributed by atoms with van der Waals surface area (Å²) < 4.78 is 0. The van der Waals surface area contributed by atoms with Crippen LogP contribution in [0.1, 0.15) is 30.9 Å².